The van der Waals surface area contributed by atoms with Gasteiger partial charge in [0.2, 0.25) is 69.5 Å². The first-order chi connectivity index (χ1) is 53.3. The molecule has 0 spiro atoms. The standard InChI is InChI=1S/2C42H74F5N.C6BF5O2/c2*1-3-5-7-9-11-13-15-17-19-21-23-25-27-29-31-33-35-48(42-40(46)38(44)37(43)39(45)41(42)47)36-34-32-30-28-26-24-22-20-18-16-14-12-10-8-6-4-2;8-2-1(7(13)14)3(9)5(11)6(12)4(2)10/h2*3-36H2,1-2H3;/q;;-2/p+2. The molecule has 0 heterocycles. The summed E-state index contributed by atoms with van der Waals surface area (Å²) in [6.07, 6.45) is 78.9. The third-order valence-electron chi connectivity index (χ3n) is 21.9. The molecular formula is C90H150BF15N2O2. The van der Waals surface area contributed by atoms with Crippen molar-refractivity contribution in [3.05, 3.63) is 87.3 Å². The summed E-state index contributed by atoms with van der Waals surface area (Å²) in [7, 11) is -3.26. The van der Waals surface area contributed by atoms with Crippen LogP contribution in [-0.4, -0.2) is 33.3 Å². The van der Waals surface area contributed by atoms with E-state index in [4.69, 9.17) is 0 Å². The van der Waals surface area contributed by atoms with Gasteiger partial charge in [-0.25, -0.2) is 48.3 Å². The summed E-state index contributed by atoms with van der Waals surface area (Å²) in [5, 5.41) is 20.2. The van der Waals surface area contributed by atoms with Gasteiger partial charge in [0.25, 0.3) is 0 Å². The minimum Gasteiger partial charge on any atom is -0.889 e. The maximum absolute atomic E-state index is 14.7. The van der Waals surface area contributed by atoms with Gasteiger partial charge < -0.3 is 10.0 Å². The Kier molecular flexibility index (Phi) is 67.4. The molecule has 4 nitrogen and oxygen atoms in total. The van der Waals surface area contributed by atoms with Crippen molar-refractivity contribution in [1.82, 2.24) is 0 Å². The van der Waals surface area contributed by atoms with Crippen molar-refractivity contribution in [1.29, 1.82) is 0 Å². The highest BCUT2D eigenvalue weighted by atomic mass is 19.2. The largest absolute Gasteiger partial charge is 0.889 e. The molecule has 0 aliphatic heterocycles. The molecule has 20 heteroatoms. The molecule has 0 amide bonds. The number of benzene rings is 3. The molecule has 0 saturated carbocycles. The van der Waals surface area contributed by atoms with Crippen LogP contribution in [0.15, 0.2) is 0 Å². The fourth-order valence-corrected chi connectivity index (χ4v) is 15.0. The molecule has 0 atom stereocenters. The average Bonchev–Trinajstić information content (AvgIpc) is 0.802. The molecule has 0 aromatic heterocycles. The van der Waals surface area contributed by atoms with E-state index in [0.29, 0.717) is 61.7 Å². The number of hydrogen-bond acceptors (Lipinski definition) is 2. The second kappa shape index (κ2) is 70.9. The van der Waals surface area contributed by atoms with E-state index in [2.05, 4.69) is 27.7 Å². The van der Waals surface area contributed by atoms with Crippen LogP contribution < -0.4 is 25.3 Å². The molecule has 3 aromatic carbocycles. The predicted molar refractivity (Wildman–Crippen MR) is 423 cm³/mol. The van der Waals surface area contributed by atoms with Gasteiger partial charge in [-0.1, -0.05) is 394 Å². The Morgan fingerprint density at radius 3 is 0.400 bits per heavy atom. The Labute approximate surface area is 658 Å². The molecule has 2 N–H and O–H groups in total. The maximum atomic E-state index is 14.7. The van der Waals surface area contributed by atoms with E-state index in [-0.39, 0.29) is 0 Å². The maximum Gasteiger partial charge on any atom is 0.225 e. The quantitative estimate of drug-likeness (QED) is 0.0195. The fraction of sp³-hybridized carbons (Fsp3) is 0.800. The smallest absolute Gasteiger partial charge is 0.225 e. The summed E-state index contributed by atoms with van der Waals surface area (Å²) in [5.41, 5.74) is -3.23. The Balaban J connectivity index is 0.000000932. The van der Waals surface area contributed by atoms with Gasteiger partial charge in [0.15, 0.2) is 29.1 Å². The van der Waals surface area contributed by atoms with Crippen molar-refractivity contribution in [3.8, 4) is 0 Å². The van der Waals surface area contributed by atoms with Crippen molar-refractivity contribution < 1.29 is 85.7 Å². The van der Waals surface area contributed by atoms with Gasteiger partial charge in [0, 0.05) is 0 Å². The van der Waals surface area contributed by atoms with E-state index >= 15 is 0 Å². The Morgan fingerprint density at radius 1 is 0.164 bits per heavy atom. The molecule has 0 radical (unpaired) electrons. The first-order valence-corrected chi connectivity index (χ1v) is 44.8. The molecule has 3 aromatic rings. The van der Waals surface area contributed by atoms with E-state index in [1.807, 2.05) is 0 Å². The molecule has 0 aliphatic carbocycles. The second-order valence-corrected chi connectivity index (χ2v) is 31.6. The number of halogens is 15. The van der Waals surface area contributed by atoms with Crippen molar-refractivity contribution in [3.63, 3.8) is 0 Å². The summed E-state index contributed by atoms with van der Waals surface area (Å²) in [6, 6.07) is 0. The van der Waals surface area contributed by atoms with E-state index < -0.39 is 111 Å². The van der Waals surface area contributed by atoms with Crippen LogP contribution in [0, 0.1) is 87.3 Å². The lowest BCUT2D eigenvalue weighted by Crippen LogP contribution is -3.07. The molecule has 0 bridgehead atoms. The summed E-state index contributed by atoms with van der Waals surface area (Å²) < 4.78 is 205. The number of hydrogen-bond donors (Lipinski definition) is 2. The summed E-state index contributed by atoms with van der Waals surface area (Å²) in [5.74, 6) is -29.9. The van der Waals surface area contributed by atoms with E-state index in [9.17, 15) is 75.9 Å². The zero-order chi connectivity index (χ0) is 81.2. The van der Waals surface area contributed by atoms with Crippen LogP contribution in [0.1, 0.15) is 439 Å². The summed E-state index contributed by atoms with van der Waals surface area (Å²) in [6.45, 7) is 10.6. The first kappa shape index (κ1) is 105. The Hall–Kier alpha value is -3.49. The number of unbranched alkanes of at least 4 members (excludes halogenated alkanes) is 60. The van der Waals surface area contributed by atoms with Crippen LogP contribution in [0.25, 0.3) is 0 Å². The number of quaternary nitrogens is 2. The van der Waals surface area contributed by atoms with E-state index in [1.54, 1.807) is 0 Å². The van der Waals surface area contributed by atoms with Crippen LogP contribution in [0.3, 0.4) is 0 Å². The Bertz CT molecular complexity index is 2390. The van der Waals surface area contributed by atoms with Crippen LogP contribution in [0.2, 0.25) is 0 Å². The number of nitrogens with one attached hydrogen (secondary N) is 2. The van der Waals surface area contributed by atoms with Crippen LogP contribution in [0.5, 0.6) is 0 Å². The topological polar surface area (TPSA) is 55.0 Å². The van der Waals surface area contributed by atoms with Crippen molar-refractivity contribution in [2.45, 2.75) is 439 Å². The summed E-state index contributed by atoms with van der Waals surface area (Å²) >= 11 is 0. The lowest BCUT2D eigenvalue weighted by atomic mass is 9.79. The lowest BCUT2D eigenvalue weighted by molar-refractivity contribution is -0.836. The van der Waals surface area contributed by atoms with Crippen molar-refractivity contribution in [2.75, 3.05) is 26.2 Å². The second-order valence-electron chi connectivity index (χ2n) is 31.6. The average molecular weight is 1590 g/mol. The molecule has 0 saturated heterocycles. The molecule has 0 fully saturated rings. The van der Waals surface area contributed by atoms with Gasteiger partial charge in [-0.15, -0.1) is 0 Å². The highest BCUT2D eigenvalue weighted by Crippen LogP contribution is 2.28. The lowest BCUT2D eigenvalue weighted by Gasteiger charge is -2.27. The van der Waals surface area contributed by atoms with Gasteiger partial charge in [0.1, 0.15) is 0 Å². The SMILES string of the molecule is CCCCCCCCCCCCCCCCCC[NH+](CCCCCCCCCCCCCCCCCC)c1c(F)c(F)c(F)c(F)c1F.CCCCCCCCCCCCCCCCCC[NH+](CCCCCCCCCCCCCCCCCC)c1c(F)c(F)c(F)c(F)c1F.[O-]B([O-])c1c(F)c(F)c(F)c(F)c1F. The number of rotatable bonds is 71. The van der Waals surface area contributed by atoms with Gasteiger partial charge in [-0.2, -0.15) is 17.6 Å². The Morgan fingerprint density at radius 2 is 0.273 bits per heavy atom. The van der Waals surface area contributed by atoms with Crippen molar-refractivity contribution >= 4 is 24.0 Å². The van der Waals surface area contributed by atoms with E-state index in [0.717, 1.165) is 77.0 Å². The van der Waals surface area contributed by atoms with Crippen LogP contribution >= 0.6 is 0 Å². The predicted octanol–water partition coefficient (Wildman–Crippen LogP) is 27.6. The van der Waals surface area contributed by atoms with Crippen molar-refractivity contribution in [2.24, 2.45) is 0 Å². The summed E-state index contributed by atoms with van der Waals surface area (Å²) in [4.78, 5) is 0.775. The molecule has 0 unspecified atom stereocenters. The zero-order valence-corrected chi connectivity index (χ0v) is 69.1. The molecule has 0 aliphatic rings. The third kappa shape index (κ3) is 48.1. The third-order valence-corrected chi connectivity index (χ3v) is 21.9. The van der Waals surface area contributed by atoms with Gasteiger partial charge in [-0.05, 0) is 56.8 Å². The minimum absolute atomic E-state index is 0.384. The minimum atomic E-state index is -3.26. The molecule has 3 rings (SSSR count). The first-order valence-electron chi connectivity index (χ1n) is 44.8. The van der Waals surface area contributed by atoms with Crippen LogP contribution in [0.4, 0.5) is 77.2 Å². The monoisotopic (exact) mass is 1590 g/mol. The zero-order valence-electron chi connectivity index (χ0n) is 69.1. The molecular weight excluding hydrogens is 1440 g/mol. The van der Waals surface area contributed by atoms with Gasteiger partial charge >= 0.3 is 0 Å². The highest BCUT2D eigenvalue weighted by molar-refractivity contribution is 6.55. The van der Waals surface area contributed by atoms with Crippen LogP contribution in [-0.2, 0) is 0 Å². The van der Waals surface area contributed by atoms with Gasteiger partial charge in [-0.3, -0.25) is 9.80 Å². The highest BCUT2D eigenvalue weighted by Gasteiger charge is 2.34. The molecule has 110 heavy (non-hydrogen) atoms. The van der Waals surface area contributed by atoms with E-state index in [1.165, 1.54) is 308 Å². The fourth-order valence-electron chi connectivity index (χ4n) is 15.0. The molecule has 640 valence electrons. The van der Waals surface area contributed by atoms with Gasteiger partial charge in [0.05, 0.1) is 26.2 Å². The normalized spacial score (nSPS) is 11.6.